The van der Waals surface area contributed by atoms with Crippen LogP contribution in [0.4, 0.5) is 13.2 Å². The zero-order valence-electron chi connectivity index (χ0n) is 7.09. The van der Waals surface area contributed by atoms with E-state index in [1.165, 1.54) is 0 Å². The van der Waals surface area contributed by atoms with Gasteiger partial charge in [0.15, 0.2) is 10.8 Å². The molecule has 0 amide bonds. The molecule has 1 rings (SSSR count). The minimum Gasteiger partial charge on any atom is -0.477 e. The molecule has 80 valence electrons. The second-order valence-corrected chi connectivity index (χ2v) is 3.66. The van der Waals surface area contributed by atoms with Crippen LogP contribution in [0.25, 0.3) is 0 Å². The molecule has 0 aliphatic heterocycles. The van der Waals surface area contributed by atoms with E-state index in [0.29, 0.717) is 0 Å². The Labute approximate surface area is 79.9 Å². The molecule has 1 aromatic heterocycles. The van der Waals surface area contributed by atoms with Gasteiger partial charge in [-0.25, -0.2) is 4.21 Å². The summed E-state index contributed by atoms with van der Waals surface area (Å²) in [4.78, 5) is 0. The van der Waals surface area contributed by atoms with Crippen LogP contribution < -0.4 is 4.74 Å². The van der Waals surface area contributed by atoms with Crippen molar-refractivity contribution >= 4 is 10.8 Å². The average Bonchev–Trinajstić information content (AvgIpc) is 2.50. The topological polar surface area (TPSA) is 55.0 Å². The van der Waals surface area contributed by atoms with Gasteiger partial charge in [0.1, 0.15) is 5.03 Å². The van der Waals surface area contributed by atoms with Crippen LogP contribution in [0.3, 0.4) is 0 Å². The number of rotatable bonds is 3. The lowest BCUT2D eigenvalue weighted by Crippen LogP contribution is -2.16. The van der Waals surface area contributed by atoms with E-state index in [4.69, 9.17) is 4.74 Å². The van der Waals surface area contributed by atoms with Crippen LogP contribution in [0, 0.1) is 0 Å². The van der Waals surface area contributed by atoms with Crippen LogP contribution in [0.15, 0.2) is 11.1 Å². The first-order chi connectivity index (χ1) is 6.45. The van der Waals surface area contributed by atoms with E-state index in [1.807, 2.05) is 5.10 Å². The summed E-state index contributed by atoms with van der Waals surface area (Å²) >= 11 is 0. The molecule has 0 aromatic carbocycles. The third kappa shape index (κ3) is 2.47. The largest absolute Gasteiger partial charge is 0.477 e. The minimum atomic E-state index is -4.78. The van der Waals surface area contributed by atoms with Gasteiger partial charge >= 0.3 is 5.51 Å². The normalized spacial score (nSPS) is 14.0. The van der Waals surface area contributed by atoms with Gasteiger partial charge in [0.05, 0.1) is 6.61 Å². The molecule has 0 aliphatic rings. The number of nitrogens with zero attached hydrogens (tertiary/aromatic N) is 1. The maximum absolute atomic E-state index is 11.9. The van der Waals surface area contributed by atoms with Crippen LogP contribution in [0.1, 0.15) is 6.92 Å². The predicted octanol–water partition coefficient (Wildman–Crippen LogP) is 1.44. The Morgan fingerprint density at radius 2 is 2.29 bits per heavy atom. The Hall–Kier alpha value is -1.05. The van der Waals surface area contributed by atoms with Crippen molar-refractivity contribution in [1.29, 1.82) is 0 Å². The number of hydrogen-bond donors (Lipinski definition) is 1. The van der Waals surface area contributed by atoms with Gasteiger partial charge in [-0.2, -0.15) is 13.2 Å². The van der Waals surface area contributed by atoms with E-state index in [0.717, 1.165) is 6.07 Å². The Bertz CT molecular complexity index is 336. The first kappa shape index (κ1) is 11.0. The molecule has 0 fully saturated rings. The fourth-order valence-corrected chi connectivity index (χ4v) is 1.31. The number of ether oxygens (including phenoxy) is 1. The first-order valence-electron chi connectivity index (χ1n) is 3.62. The molecule has 0 bridgehead atoms. The molecule has 0 aliphatic carbocycles. The van der Waals surface area contributed by atoms with Crippen molar-refractivity contribution in [2.24, 2.45) is 0 Å². The third-order valence-corrected chi connectivity index (χ3v) is 2.26. The predicted molar refractivity (Wildman–Crippen MR) is 42.2 cm³/mol. The number of aromatic amines is 1. The fourth-order valence-electron chi connectivity index (χ4n) is 0.728. The Balaban J connectivity index is 2.82. The van der Waals surface area contributed by atoms with Crippen molar-refractivity contribution in [3.05, 3.63) is 6.07 Å². The van der Waals surface area contributed by atoms with Gasteiger partial charge in [0.2, 0.25) is 5.88 Å². The van der Waals surface area contributed by atoms with Crippen LogP contribution >= 0.6 is 0 Å². The van der Waals surface area contributed by atoms with Crippen molar-refractivity contribution < 1.29 is 22.1 Å². The number of H-pyrrole nitrogens is 1. The smallest absolute Gasteiger partial charge is 0.477 e. The summed E-state index contributed by atoms with van der Waals surface area (Å²) < 4.78 is 51.4. The average molecular weight is 228 g/mol. The molecule has 14 heavy (non-hydrogen) atoms. The highest BCUT2D eigenvalue weighted by molar-refractivity contribution is 7.85. The second-order valence-electron chi connectivity index (χ2n) is 2.22. The molecule has 8 heteroatoms. The van der Waals surface area contributed by atoms with Crippen LogP contribution in [0.5, 0.6) is 5.88 Å². The van der Waals surface area contributed by atoms with Gasteiger partial charge in [-0.05, 0) is 6.92 Å². The van der Waals surface area contributed by atoms with Crippen molar-refractivity contribution in [3.63, 3.8) is 0 Å². The minimum absolute atomic E-state index is 0.0000926. The van der Waals surface area contributed by atoms with Gasteiger partial charge in [0, 0.05) is 6.07 Å². The lowest BCUT2D eigenvalue weighted by atomic mass is 10.7. The number of aromatic nitrogens is 2. The number of halogens is 3. The highest BCUT2D eigenvalue weighted by Gasteiger charge is 2.39. The molecule has 1 aromatic rings. The van der Waals surface area contributed by atoms with Gasteiger partial charge in [0.25, 0.3) is 0 Å². The van der Waals surface area contributed by atoms with E-state index >= 15 is 0 Å². The van der Waals surface area contributed by atoms with Gasteiger partial charge in [-0.15, -0.1) is 5.10 Å². The highest BCUT2D eigenvalue weighted by atomic mass is 32.2. The fraction of sp³-hybridized carbons (Fsp3) is 0.500. The quantitative estimate of drug-likeness (QED) is 0.851. The molecule has 1 N–H and O–H groups in total. The summed E-state index contributed by atoms with van der Waals surface area (Å²) in [5.74, 6) is 0.0000926. The van der Waals surface area contributed by atoms with Crippen LogP contribution in [0.2, 0.25) is 0 Å². The zero-order valence-corrected chi connectivity index (χ0v) is 7.91. The molecule has 0 spiro atoms. The van der Waals surface area contributed by atoms with E-state index < -0.39 is 21.3 Å². The summed E-state index contributed by atoms with van der Waals surface area (Å²) in [6.45, 7) is 1.94. The van der Waals surface area contributed by atoms with Crippen molar-refractivity contribution in [1.82, 2.24) is 10.2 Å². The Morgan fingerprint density at radius 3 is 2.79 bits per heavy atom. The number of alkyl halides is 3. The van der Waals surface area contributed by atoms with Gasteiger partial charge in [-0.1, -0.05) is 0 Å². The van der Waals surface area contributed by atoms with Crippen LogP contribution in [-0.4, -0.2) is 26.5 Å². The third-order valence-electron chi connectivity index (χ3n) is 1.23. The van der Waals surface area contributed by atoms with Gasteiger partial charge < -0.3 is 4.74 Å². The monoisotopic (exact) mass is 228 g/mol. The second kappa shape index (κ2) is 3.99. The summed E-state index contributed by atoms with van der Waals surface area (Å²) in [5.41, 5.74) is -4.78. The molecule has 4 nitrogen and oxygen atoms in total. The van der Waals surface area contributed by atoms with Crippen molar-refractivity contribution in [2.75, 3.05) is 6.61 Å². The SMILES string of the molecule is CCOc1cc(S(=O)C(F)(F)F)[nH]n1. The van der Waals surface area contributed by atoms with E-state index in [2.05, 4.69) is 5.10 Å². The summed E-state index contributed by atoms with van der Waals surface area (Å²) in [6, 6.07) is 0.965. The van der Waals surface area contributed by atoms with E-state index in [-0.39, 0.29) is 12.5 Å². The molecule has 1 unspecified atom stereocenters. The molecule has 1 atom stereocenters. The Morgan fingerprint density at radius 1 is 1.64 bits per heavy atom. The maximum atomic E-state index is 11.9. The standard InChI is InChI=1S/C6H7F3N2O2S/c1-2-13-4-3-5(11-10-4)14(12)6(7,8)9/h3H,2H2,1H3,(H,10,11). The molecular formula is C6H7F3N2O2S. The lowest BCUT2D eigenvalue weighted by molar-refractivity contribution is -0.0386. The molecule has 0 saturated carbocycles. The summed E-state index contributed by atoms with van der Waals surface area (Å²) in [7, 11) is -3.08. The summed E-state index contributed by atoms with van der Waals surface area (Å²) in [5, 5.41) is 4.89. The molecule has 0 saturated heterocycles. The van der Waals surface area contributed by atoms with E-state index in [9.17, 15) is 17.4 Å². The first-order valence-corrected chi connectivity index (χ1v) is 4.77. The van der Waals surface area contributed by atoms with Gasteiger partial charge in [-0.3, -0.25) is 5.10 Å². The number of hydrogen-bond acceptors (Lipinski definition) is 3. The zero-order chi connectivity index (χ0) is 10.8. The molecule has 1 heterocycles. The molecular weight excluding hydrogens is 221 g/mol. The number of nitrogens with one attached hydrogen (secondary N) is 1. The Kier molecular flexibility index (Phi) is 3.14. The lowest BCUT2D eigenvalue weighted by Gasteiger charge is -2.01. The van der Waals surface area contributed by atoms with Crippen molar-refractivity contribution in [3.8, 4) is 5.88 Å². The van der Waals surface area contributed by atoms with Crippen molar-refractivity contribution in [2.45, 2.75) is 17.5 Å². The summed E-state index contributed by atoms with van der Waals surface area (Å²) in [6.07, 6.45) is 0. The van der Waals surface area contributed by atoms with Crippen LogP contribution in [-0.2, 0) is 10.8 Å². The molecule has 0 radical (unpaired) electrons. The highest BCUT2D eigenvalue weighted by Crippen LogP contribution is 2.26. The maximum Gasteiger partial charge on any atom is 0.477 e. The van der Waals surface area contributed by atoms with E-state index in [1.54, 1.807) is 6.92 Å².